The lowest BCUT2D eigenvalue weighted by atomic mass is 10.2. The van der Waals surface area contributed by atoms with Gasteiger partial charge in [0.05, 0.1) is 19.3 Å². The number of rotatable bonds is 9. The van der Waals surface area contributed by atoms with Gasteiger partial charge in [0.25, 0.3) is 5.56 Å². The van der Waals surface area contributed by atoms with Crippen molar-refractivity contribution in [3.63, 3.8) is 0 Å². The summed E-state index contributed by atoms with van der Waals surface area (Å²) in [7, 11) is -4.71. The summed E-state index contributed by atoms with van der Waals surface area (Å²) in [5, 5.41) is 22.0. The van der Waals surface area contributed by atoms with Crippen molar-refractivity contribution in [2.75, 3.05) is 18.9 Å². The maximum absolute atomic E-state index is 12.4. The molecule has 34 heavy (non-hydrogen) atoms. The van der Waals surface area contributed by atoms with Gasteiger partial charge in [0.1, 0.15) is 30.8 Å². The van der Waals surface area contributed by atoms with Gasteiger partial charge >= 0.3 is 13.5 Å². The van der Waals surface area contributed by atoms with Crippen molar-refractivity contribution < 1.29 is 43.0 Å². The van der Waals surface area contributed by atoms with Crippen LogP contribution < -0.4 is 22.3 Å². The van der Waals surface area contributed by atoms with Crippen molar-refractivity contribution in [3.8, 4) is 0 Å². The average Bonchev–Trinajstić information content (AvgIpc) is 3.41. The van der Waals surface area contributed by atoms with E-state index in [-0.39, 0.29) is 30.0 Å². The number of nitrogen functional groups attached to an aromatic ring is 1. The number of nitrogens with zero attached hydrogens (tertiary/aromatic N) is 2. The number of nitrogens with two attached hydrogens (primary N) is 1. The summed E-state index contributed by atoms with van der Waals surface area (Å²) in [6.07, 6.45) is -6.01. The van der Waals surface area contributed by atoms with E-state index < -0.39 is 69.2 Å². The second-order valence-electron chi connectivity index (χ2n) is 7.66. The molecule has 18 heteroatoms. The number of aromatic amines is 2. The van der Waals surface area contributed by atoms with Crippen LogP contribution in [-0.2, 0) is 27.9 Å². The fourth-order valence-electron chi connectivity index (χ4n) is 3.86. The second-order valence-corrected chi connectivity index (χ2v) is 9.06. The summed E-state index contributed by atoms with van der Waals surface area (Å²) >= 11 is 0. The van der Waals surface area contributed by atoms with Gasteiger partial charge in [-0.2, -0.15) is 4.98 Å². The molecule has 0 radical (unpaired) electrons. The Kier molecular flexibility index (Phi) is 6.88. The largest absolute Gasteiger partial charge is 0.472 e. The van der Waals surface area contributed by atoms with E-state index >= 15 is 0 Å². The molecule has 8 N–H and O–H groups in total. The van der Waals surface area contributed by atoms with Gasteiger partial charge in [0, 0.05) is 12.8 Å². The van der Waals surface area contributed by atoms with Crippen molar-refractivity contribution in [2.45, 2.75) is 49.7 Å². The van der Waals surface area contributed by atoms with E-state index in [9.17, 15) is 34.1 Å². The van der Waals surface area contributed by atoms with Crippen LogP contribution in [0.3, 0.4) is 0 Å². The van der Waals surface area contributed by atoms with Crippen molar-refractivity contribution in [3.05, 3.63) is 20.8 Å². The summed E-state index contributed by atoms with van der Waals surface area (Å²) in [6, 6.07) is 0. The van der Waals surface area contributed by atoms with E-state index in [1.807, 2.05) is 0 Å². The van der Waals surface area contributed by atoms with Crippen molar-refractivity contribution in [1.29, 1.82) is 0 Å². The summed E-state index contributed by atoms with van der Waals surface area (Å²) in [6.45, 7) is -1.12. The van der Waals surface area contributed by atoms with Crippen LogP contribution in [-0.4, -0.2) is 84.9 Å². The zero-order valence-electron chi connectivity index (χ0n) is 17.4. The molecular formula is C16H23N6O11P. The summed E-state index contributed by atoms with van der Waals surface area (Å²) in [5.74, 6) is -0.232. The monoisotopic (exact) mass is 506 g/mol. The minimum atomic E-state index is -4.71. The van der Waals surface area contributed by atoms with Crippen molar-refractivity contribution >= 4 is 31.3 Å². The minimum absolute atomic E-state index is 0.0127. The molecule has 0 aliphatic carbocycles. The first-order chi connectivity index (χ1) is 16.1. The number of ether oxygens (including phenoxy) is 2. The summed E-state index contributed by atoms with van der Waals surface area (Å²) in [5.41, 5.74) is 3.92. The highest BCUT2D eigenvalue weighted by molar-refractivity contribution is 7.47. The maximum Gasteiger partial charge on any atom is 0.472 e. The Morgan fingerprint density at radius 3 is 2.76 bits per heavy atom. The predicted octanol–water partition coefficient (Wildman–Crippen LogP) is -3.00. The Labute approximate surface area is 189 Å². The number of aliphatic hydroxyl groups excluding tert-OH is 2. The van der Waals surface area contributed by atoms with Gasteiger partial charge in [-0.1, -0.05) is 0 Å². The lowest BCUT2D eigenvalue weighted by Gasteiger charge is -2.21. The molecule has 7 atom stereocenters. The zero-order chi connectivity index (χ0) is 24.6. The number of fused-ring (bicyclic) bond motifs is 1. The fraction of sp³-hybridized carbons (Fsp3) is 0.625. The third-order valence-corrected chi connectivity index (χ3v) is 6.41. The maximum atomic E-state index is 12.4. The molecule has 188 valence electrons. The van der Waals surface area contributed by atoms with Crippen LogP contribution in [0.25, 0.3) is 11.2 Å². The standard InChI is InChI=1S/C16H23N6O11P/c17-15-20-13-12(14(26)21-15)19-16(27)22(13)11-1-6(25)9(32-11)4-30-34(28,29)33-7-2-10(18-5-24)31-8(7)3-23/h5-11,23,25H,1-4H2,(H,18,24)(H,19,27)(H,28,29)(H3,17,20,21,26)/t6-,7-,8+,9+,10+,11+/m0/s1. The number of aromatic nitrogens is 4. The molecule has 2 saturated heterocycles. The number of anilines is 1. The van der Waals surface area contributed by atoms with Crippen molar-refractivity contribution in [1.82, 2.24) is 24.8 Å². The number of imidazole rings is 1. The Morgan fingerprint density at radius 1 is 1.29 bits per heavy atom. The van der Waals surface area contributed by atoms with Crippen LogP contribution in [0.15, 0.2) is 9.59 Å². The minimum Gasteiger partial charge on any atom is -0.394 e. The third kappa shape index (κ3) is 4.91. The van der Waals surface area contributed by atoms with Crippen LogP contribution in [0.1, 0.15) is 19.1 Å². The first kappa shape index (κ1) is 24.5. The van der Waals surface area contributed by atoms with Gasteiger partial charge < -0.3 is 35.6 Å². The number of H-pyrrole nitrogens is 2. The summed E-state index contributed by atoms with van der Waals surface area (Å²) in [4.78, 5) is 53.5. The average molecular weight is 506 g/mol. The molecule has 2 aliphatic heterocycles. The second kappa shape index (κ2) is 9.55. The van der Waals surface area contributed by atoms with E-state index in [1.165, 1.54) is 0 Å². The number of carbonyl (C=O) groups is 1. The number of hydrogen-bond acceptors (Lipinski definition) is 12. The topological polar surface area (TPSA) is 253 Å². The Hall–Kier alpha value is -2.63. The zero-order valence-corrected chi connectivity index (χ0v) is 18.3. The Balaban J connectivity index is 1.41. The molecule has 4 heterocycles. The van der Waals surface area contributed by atoms with E-state index in [0.29, 0.717) is 6.41 Å². The van der Waals surface area contributed by atoms with Gasteiger partial charge in [-0.25, -0.2) is 13.9 Å². The van der Waals surface area contributed by atoms with Gasteiger partial charge in [0.15, 0.2) is 11.2 Å². The molecule has 1 unspecified atom stereocenters. The molecule has 2 fully saturated rings. The first-order valence-electron chi connectivity index (χ1n) is 10.1. The molecule has 0 aromatic carbocycles. The summed E-state index contributed by atoms with van der Waals surface area (Å²) < 4.78 is 34.3. The normalized spacial score (nSPS) is 31.0. The highest BCUT2D eigenvalue weighted by Gasteiger charge is 2.42. The van der Waals surface area contributed by atoms with E-state index in [1.54, 1.807) is 0 Å². The van der Waals surface area contributed by atoms with Gasteiger partial charge in [-0.3, -0.25) is 28.6 Å². The molecule has 2 aromatic heterocycles. The number of carbonyl (C=O) groups excluding carboxylic acids is 1. The lowest BCUT2D eigenvalue weighted by molar-refractivity contribution is -0.114. The predicted molar refractivity (Wildman–Crippen MR) is 110 cm³/mol. The highest BCUT2D eigenvalue weighted by Crippen LogP contribution is 2.48. The first-order valence-corrected chi connectivity index (χ1v) is 11.6. The lowest BCUT2D eigenvalue weighted by Crippen LogP contribution is -2.29. The van der Waals surface area contributed by atoms with Crippen LogP contribution in [0.2, 0.25) is 0 Å². The van der Waals surface area contributed by atoms with Crippen LogP contribution in [0.4, 0.5) is 5.95 Å². The molecule has 4 rings (SSSR count). The molecule has 1 amide bonds. The number of aliphatic hydroxyl groups is 2. The van der Waals surface area contributed by atoms with Crippen LogP contribution >= 0.6 is 7.82 Å². The molecule has 0 bridgehead atoms. The van der Waals surface area contributed by atoms with Crippen LogP contribution in [0.5, 0.6) is 0 Å². The highest BCUT2D eigenvalue weighted by atomic mass is 31.2. The number of nitrogens with one attached hydrogen (secondary N) is 3. The Morgan fingerprint density at radius 2 is 2.06 bits per heavy atom. The molecule has 0 saturated carbocycles. The number of phosphoric acid groups is 1. The fourth-order valence-corrected chi connectivity index (χ4v) is 4.82. The number of hydrogen-bond donors (Lipinski definition) is 7. The van der Waals surface area contributed by atoms with E-state index in [0.717, 1.165) is 4.57 Å². The molecular weight excluding hydrogens is 483 g/mol. The molecule has 17 nitrogen and oxygen atoms in total. The van der Waals surface area contributed by atoms with Crippen molar-refractivity contribution in [2.24, 2.45) is 0 Å². The SMILES string of the molecule is Nc1nc2c([nH]c(=O)n2[C@H]2C[C@H](O)[C@@H](COP(=O)(O)O[C@H]3C[C@H](NC=O)O[C@@H]3CO)O2)c(=O)[nH]1. The molecule has 0 spiro atoms. The number of amides is 1. The van der Waals surface area contributed by atoms with Crippen LogP contribution in [0, 0.1) is 0 Å². The molecule has 2 aromatic rings. The Bertz CT molecular complexity index is 1210. The van der Waals surface area contributed by atoms with Gasteiger partial charge in [-0.15, -0.1) is 0 Å². The van der Waals surface area contributed by atoms with E-state index in [2.05, 4.69) is 20.3 Å². The number of phosphoric ester groups is 1. The van der Waals surface area contributed by atoms with Gasteiger partial charge in [-0.05, 0) is 0 Å². The molecule has 2 aliphatic rings. The quantitative estimate of drug-likeness (QED) is 0.132. The third-order valence-electron chi connectivity index (χ3n) is 5.39. The smallest absolute Gasteiger partial charge is 0.394 e. The van der Waals surface area contributed by atoms with Gasteiger partial charge in [0.2, 0.25) is 12.4 Å². The van der Waals surface area contributed by atoms with E-state index in [4.69, 9.17) is 24.3 Å².